The number of nitrogens with zero attached hydrogens (tertiary/aromatic N) is 2. The quantitative estimate of drug-likeness (QED) is 0.331. The number of piperidine rings is 2. The monoisotopic (exact) mass is 508 g/mol. The van der Waals surface area contributed by atoms with Crippen LogP contribution >= 0.6 is 0 Å². The molecule has 0 aromatic heterocycles. The Kier molecular flexibility index (Phi) is 11.0. The van der Waals surface area contributed by atoms with Crippen molar-refractivity contribution in [2.75, 3.05) is 26.2 Å². The van der Waals surface area contributed by atoms with Crippen molar-refractivity contribution in [1.82, 2.24) is 9.80 Å². The van der Waals surface area contributed by atoms with Crippen LogP contribution in [-0.2, 0) is 18.9 Å². The predicted molar refractivity (Wildman–Crippen MR) is 146 cm³/mol. The van der Waals surface area contributed by atoms with Gasteiger partial charge in [0.15, 0.2) is 0 Å². The Balaban J connectivity index is 1.01. The van der Waals surface area contributed by atoms with Crippen molar-refractivity contribution in [3.63, 3.8) is 0 Å². The van der Waals surface area contributed by atoms with Gasteiger partial charge in [0.25, 0.3) is 0 Å². The molecule has 36 heavy (non-hydrogen) atoms. The molecule has 2 heterocycles. The van der Waals surface area contributed by atoms with Gasteiger partial charge in [-0.15, -0.1) is 0 Å². The number of likely N-dealkylation sites (tertiary alicyclic amines) is 2. The molecular formula is C30H56N2O4. The average molecular weight is 509 g/mol. The first kappa shape index (κ1) is 28.8. The standard InChI is InChI=1S/C30H56N2O4/c1-21(2)31-13-9-25(10-14-31)35-30-19-28(20-30)34-24(6)8-7-23(5)32-15-11-26(12-16-32)36-29-17-27(18-29)33-22(3)4/h21-30H,7-20H2,1-6H3. The first-order chi connectivity index (χ1) is 17.2. The van der Waals surface area contributed by atoms with Gasteiger partial charge in [-0.1, -0.05) is 0 Å². The Morgan fingerprint density at radius 2 is 1.03 bits per heavy atom. The largest absolute Gasteiger partial charge is 0.375 e. The molecule has 2 atom stereocenters. The van der Waals surface area contributed by atoms with Crippen molar-refractivity contribution >= 4 is 0 Å². The molecule has 0 spiro atoms. The third-order valence-corrected chi connectivity index (χ3v) is 9.06. The Bertz CT molecular complexity index is 618. The summed E-state index contributed by atoms with van der Waals surface area (Å²) < 4.78 is 25.0. The highest BCUT2D eigenvalue weighted by Crippen LogP contribution is 2.32. The topological polar surface area (TPSA) is 43.4 Å². The van der Waals surface area contributed by atoms with E-state index in [9.17, 15) is 0 Å². The average Bonchev–Trinajstić information content (AvgIpc) is 2.80. The molecule has 210 valence electrons. The molecule has 0 aromatic carbocycles. The van der Waals surface area contributed by atoms with E-state index < -0.39 is 0 Å². The van der Waals surface area contributed by atoms with Gasteiger partial charge in [-0.2, -0.15) is 0 Å². The van der Waals surface area contributed by atoms with Gasteiger partial charge < -0.3 is 28.7 Å². The first-order valence-electron chi connectivity index (χ1n) is 15.3. The summed E-state index contributed by atoms with van der Waals surface area (Å²) in [6, 6.07) is 1.28. The molecule has 6 nitrogen and oxygen atoms in total. The maximum absolute atomic E-state index is 6.38. The molecule has 4 fully saturated rings. The van der Waals surface area contributed by atoms with Crippen molar-refractivity contribution in [1.29, 1.82) is 0 Å². The maximum Gasteiger partial charge on any atom is 0.0628 e. The third kappa shape index (κ3) is 8.64. The van der Waals surface area contributed by atoms with Crippen LogP contribution in [0.5, 0.6) is 0 Å². The van der Waals surface area contributed by atoms with E-state index in [1.807, 2.05) is 0 Å². The summed E-state index contributed by atoms with van der Waals surface area (Å²) in [5.41, 5.74) is 0. The zero-order chi connectivity index (χ0) is 25.7. The lowest BCUT2D eigenvalue weighted by Gasteiger charge is -2.42. The van der Waals surface area contributed by atoms with Gasteiger partial charge in [0.2, 0.25) is 0 Å². The minimum absolute atomic E-state index is 0.330. The van der Waals surface area contributed by atoms with E-state index in [2.05, 4.69) is 51.3 Å². The number of hydrogen-bond acceptors (Lipinski definition) is 6. The second-order valence-electron chi connectivity index (χ2n) is 12.8. The van der Waals surface area contributed by atoms with E-state index >= 15 is 0 Å². The summed E-state index contributed by atoms with van der Waals surface area (Å²) in [5.74, 6) is 0. The lowest BCUT2D eigenvalue weighted by atomic mass is 9.91. The smallest absolute Gasteiger partial charge is 0.0628 e. The molecule has 0 aromatic rings. The lowest BCUT2D eigenvalue weighted by Crippen LogP contribution is -2.46. The molecule has 0 N–H and O–H groups in total. The minimum atomic E-state index is 0.330. The SMILES string of the molecule is CC(C)OC1CC(OC2CCN(C(C)CCC(C)OC3CC(OC4CCN(C(C)C)CC4)C3)CC2)C1. The molecule has 6 heteroatoms. The highest BCUT2D eigenvalue weighted by atomic mass is 16.5. The molecule has 2 saturated heterocycles. The summed E-state index contributed by atoms with van der Waals surface area (Å²) in [6.07, 6.45) is 14.7. The summed E-state index contributed by atoms with van der Waals surface area (Å²) in [7, 11) is 0. The van der Waals surface area contributed by atoms with Gasteiger partial charge in [0, 0.05) is 38.3 Å². The van der Waals surface area contributed by atoms with Crippen LogP contribution in [0.25, 0.3) is 0 Å². The molecule has 0 amide bonds. The van der Waals surface area contributed by atoms with Crippen molar-refractivity contribution in [3.8, 4) is 0 Å². The van der Waals surface area contributed by atoms with E-state index in [1.54, 1.807) is 0 Å². The van der Waals surface area contributed by atoms with Crippen LogP contribution < -0.4 is 0 Å². The first-order valence-corrected chi connectivity index (χ1v) is 15.3. The number of rotatable bonds is 13. The molecule has 4 rings (SSSR count). The van der Waals surface area contributed by atoms with Crippen LogP contribution in [0.4, 0.5) is 0 Å². The van der Waals surface area contributed by atoms with Crippen molar-refractivity contribution in [2.24, 2.45) is 0 Å². The molecule has 0 bridgehead atoms. The molecular weight excluding hydrogens is 452 g/mol. The molecule has 4 aliphatic rings. The van der Waals surface area contributed by atoms with Gasteiger partial charge in [-0.05, 0) is 106 Å². The zero-order valence-electron chi connectivity index (χ0n) is 24.2. The second kappa shape index (κ2) is 13.7. The number of hydrogen-bond donors (Lipinski definition) is 0. The van der Waals surface area contributed by atoms with Gasteiger partial charge in [0.1, 0.15) is 0 Å². The van der Waals surface area contributed by atoms with Crippen LogP contribution in [0.3, 0.4) is 0 Å². The molecule has 2 saturated carbocycles. The van der Waals surface area contributed by atoms with Crippen LogP contribution in [-0.4, -0.2) is 96.9 Å². The normalized spacial score (nSPS) is 33.0. The van der Waals surface area contributed by atoms with Gasteiger partial charge >= 0.3 is 0 Å². The van der Waals surface area contributed by atoms with Gasteiger partial charge in [0.05, 0.1) is 48.8 Å². The van der Waals surface area contributed by atoms with Crippen molar-refractivity contribution in [3.05, 3.63) is 0 Å². The fraction of sp³-hybridized carbons (Fsp3) is 1.00. The molecule has 2 unspecified atom stereocenters. The van der Waals surface area contributed by atoms with Crippen LogP contribution in [0.2, 0.25) is 0 Å². The van der Waals surface area contributed by atoms with Crippen LogP contribution in [0, 0.1) is 0 Å². The predicted octanol–water partition coefficient (Wildman–Crippen LogP) is 5.42. The van der Waals surface area contributed by atoms with E-state index in [-0.39, 0.29) is 0 Å². The fourth-order valence-electron chi connectivity index (χ4n) is 6.44. The highest BCUT2D eigenvalue weighted by molar-refractivity contribution is 4.86. The Morgan fingerprint density at radius 1 is 0.556 bits per heavy atom. The summed E-state index contributed by atoms with van der Waals surface area (Å²) in [4.78, 5) is 5.23. The van der Waals surface area contributed by atoms with E-state index in [1.165, 1.54) is 45.2 Å². The van der Waals surface area contributed by atoms with Crippen LogP contribution in [0.15, 0.2) is 0 Å². The molecule has 2 aliphatic carbocycles. The van der Waals surface area contributed by atoms with Crippen molar-refractivity contribution in [2.45, 2.75) is 167 Å². The fourth-order valence-corrected chi connectivity index (χ4v) is 6.44. The lowest BCUT2D eigenvalue weighted by molar-refractivity contribution is -0.151. The zero-order valence-corrected chi connectivity index (χ0v) is 24.2. The van der Waals surface area contributed by atoms with Gasteiger partial charge in [-0.3, -0.25) is 0 Å². The second-order valence-corrected chi connectivity index (χ2v) is 12.8. The summed E-state index contributed by atoms with van der Waals surface area (Å²) in [6.45, 7) is 18.2. The van der Waals surface area contributed by atoms with E-state index in [0.717, 1.165) is 45.2 Å². The Hall–Kier alpha value is -0.240. The summed E-state index contributed by atoms with van der Waals surface area (Å²) >= 11 is 0. The minimum Gasteiger partial charge on any atom is -0.375 e. The van der Waals surface area contributed by atoms with E-state index in [4.69, 9.17) is 18.9 Å². The summed E-state index contributed by atoms with van der Waals surface area (Å²) in [5, 5.41) is 0. The van der Waals surface area contributed by atoms with Crippen molar-refractivity contribution < 1.29 is 18.9 Å². The maximum atomic E-state index is 6.38. The van der Waals surface area contributed by atoms with E-state index in [0.29, 0.717) is 60.9 Å². The highest BCUT2D eigenvalue weighted by Gasteiger charge is 2.36. The Labute approximate surface area is 221 Å². The van der Waals surface area contributed by atoms with Gasteiger partial charge in [-0.25, -0.2) is 0 Å². The third-order valence-electron chi connectivity index (χ3n) is 9.06. The molecule has 2 aliphatic heterocycles. The molecule has 0 radical (unpaired) electrons. The Morgan fingerprint density at radius 3 is 1.50 bits per heavy atom. The number of ether oxygens (including phenoxy) is 4. The van der Waals surface area contributed by atoms with Crippen LogP contribution in [0.1, 0.15) is 106 Å².